The fourth-order valence-electron chi connectivity index (χ4n) is 3.14. The number of rotatable bonds is 8. The third kappa shape index (κ3) is 5.63. The predicted molar refractivity (Wildman–Crippen MR) is 117 cm³/mol. The van der Waals surface area contributed by atoms with Crippen molar-refractivity contribution < 1.29 is 9.47 Å². The fourth-order valence-corrected chi connectivity index (χ4v) is 4.44. The van der Waals surface area contributed by atoms with Gasteiger partial charge in [-0.1, -0.05) is 63.2 Å². The first-order chi connectivity index (χ1) is 13.3. The van der Waals surface area contributed by atoms with Crippen molar-refractivity contribution in [1.29, 1.82) is 0 Å². The van der Waals surface area contributed by atoms with E-state index in [2.05, 4.69) is 65.7 Å². The van der Waals surface area contributed by atoms with Gasteiger partial charge in [-0.2, -0.15) is 0 Å². The second-order valence-electron chi connectivity index (χ2n) is 6.49. The molecule has 140 valence electrons. The van der Waals surface area contributed by atoms with Crippen LogP contribution in [0, 0.1) is 5.92 Å². The number of methoxy groups -OCH3 is 1. The molecule has 2 aromatic carbocycles. The molecule has 2 aromatic rings. The van der Waals surface area contributed by atoms with Gasteiger partial charge in [-0.05, 0) is 47.3 Å². The summed E-state index contributed by atoms with van der Waals surface area (Å²) in [5.74, 6) is 1.46. The Kier molecular flexibility index (Phi) is 7.38. The Morgan fingerprint density at radius 3 is 2.81 bits per heavy atom. The molecule has 3 nitrogen and oxygen atoms in total. The van der Waals surface area contributed by atoms with E-state index < -0.39 is 0 Å². The zero-order chi connectivity index (χ0) is 18.9. The summed E-state index contributed by atoms with van der Waals surface area (Å²) in [6, 6.07) is 14.9. The lowest BCUT2D eigenvalue weighted by atomic mass is 9.93. The van der Waals surface area contributed by atoms with Gasteiger partial charge in [0.25, 0.3) is 0 Å². The highest BCUT2D eigenvalue weighted by Crippen LogP contribution is 2.24. The monoisotopic (exact) mass is 379 g/mol. The standard InChI is InChI=1S/C23H26NO2P/c1-24-16-20-10-6-7-11-22(20)27-23-15-19(12-13-21(23)26-17-25-2)14-18-8-4-3-5-9-18/h3-8,10-13,15-16,18,27H,9,14,17H2,1-2H3. The van der Waals surface area contributed by atoms with Gasteiger partial charge in [-0.3, -0.25) is 4.99 Å². The van der Waals surface area contributed by atoms with Gasteiger partial charge < -0.3 is 9.47 Å². The summed E-state index contributed by atoms with van der Waals surface area (Å²) in [6.45, 7) is 0.255. The molecule has 0 bridgehead atoms. The molecule has 3 rings (SSSR count). The number of allylic oxidation sites excluding steroid dienone is 4. The minimum atomic E-state index is 0.255. The number of ether oxygens (including phenoxy) is 2. The van der Waals surface area contributed by atoms with Crippen molar-refractivity contribution in [3.05, 3.63) is 77.9 Å². The molecule has 0 aromatic heterocycles. The zero-order valence-corrected chi connectivity index (χ0v) is 16.9. The lowest BCUT2D eigenvalue weighted by molar-refractivity contribution is 0.0519. The van der Waals surface area contributed by atoms with Crippen molar-refractivity contribution in [3.8, 4) is 5.75 Å². The molecule has 0 radical (unpaired) electrons. The highest BCUT2D eigenvalue weighted by atomic mass is 31.1. The lowest BCUT2D eigenvalue weighted by Gasteiger charge is -2.17. The van der Waals surface area contributed by atoms with Gasteiger partial charge in [0, 0.05) is 25.7 Å². The van der Waals surface area contributed by atoms with Gasteiger partial charge >= 0.3 is 0 Å². The number of nitrogens with zero attached hydrogens (tertiary/aromatic N) is 1. The number of benzene rings is 2. The molecule has 0 saturated carbocycles. The highest BCUT2D eigenvalue weighted by Gasteiger charge is 2.12. The van der Waals surface area contributed by atoms with Crippen LogP contribution >= 0.6 is 8.58 Å². The molecule has 0 saturated heterocycles. The second kappa shape index (κ2) is 10.2. The molecule has 1 aliphatic rings. The van der Waals surface area contributed by atoms with Crippen molar-refractivity contribution >= 4 is 25.4 Å². The first-order valence-corrected chi connectivity index (χ1v) is 10.2. The molecule has 1 aliphatic carbocycles. The van der Waals surface area contributed by atoms with E-state index in [0.717, 1.165) is 24.2 Å². The number of aliphatic imine (C=N–C) groups is 1. The van der Waals surface area contributed by atoms with Gasteiger partial charge in [0.2, 0.25) is 0 Å². The van der Waals surface area contributed by atoms with Crippen LogP contribution in [0.2, 0.25) is 0 Å². The average Bonchev–Trinajstić information content (AvgIpc) is 2.70. The Bertz CT molecular complexity index is 842. The van der Waals surface area contributed by atoms with Crippen molar-refractivity contribution in [3.63, 3.8) is 0 Å². The van der Waals surface area contributed by atoms with Crippen LogP contribution < -0.4 is 15.3 Å². The summed E-state index contributed by atoms with van der Waals surface area (Å²) in [5.41, 5.74) is 2.50. The van der Waals surface area contributed by atoms with Gasteiger partial charge in [0.05, 0.1) is 0 Å². The summed E-state index contributed by atoms with van der Waals surface area (Å²) in [6.07, 6.45) is 12.9. The smallest absolute Gasteiger partial charge is 0.188 e. The molecule has 27 heavy (non-hydrogen) atoms. The van der Waals surface area contributed by atoms with Crippen LogP contribution in [0.4, 0.5) is 0 Å². The van der Waals surface area contributed by atoms with E-state index >= 15 is 0 Å². The summed E-state index contributed by atoms with van der Waals surface area (Å²) < 4.78 is 10.9. The average molecular weight is 379 g/mol. The number of hydrogen-bond acceptors (Lipinski definition) is 3. The molecule has 2 atom stereocenters. The maximum atomic E-state index is 5.83. The Morgan fingerprint density at radius 1 is 1.15 bits per heavy atom. The predicted octanol–water partition coefficient (Wildman–Crippen LogP) is 4.02. The van der Waals surface area contributed by atoms with Gasteiger partial charge in [0.1, 0.15) is 5.75 Å². The first-order valence-electron chi connectivity index (χ1n) is 9.16. The van der Waals surface area contributed by atoms with Crippen LogP contribution in [0.15, 0.2) is 71.8 Å². The van der Waals surface area contributed by atoms with Crippen LogP contribution in [-0.4, -0.2) is 27.2 Å². The van der Waals surface area contributed by atoms with Gasteiger partial charge in [-0.25, -0.2) is 0 Å². The first kappa shape index (κ1) is 19.5. The van der Waals surface area contributed by atoms with E-state index in [-0.39, 0.29) is 6.79 Å². The van der Waals surface area contributed by atoms with Crippen LogP contribution in [0.1, 0.15) is 17.5 Å². The van der Waals surface area contributed by atoms with Crippen LogP contribution in [0.25, 0.3) is 0 Å². The minimum Gasteiger partial charge on any atom is -0.467 e. The minimum absolute atomic E-state index is 0.255. The van der Waals surface area contributed by atoms with Crippen LogP contribution in [0.3, 0.4) is 0 Å². The number of hydrogen-bond donors (Lipinski definition) is 0. The largest absolute Gasteiger partial charge is 0.467 e. The Hall–Kier alpha value is -2.22. The third-order valence-corrected chi connectivity index (χ3v) is 5.83. The zero-order valence-electron chi connectivity index (χ0n) is 15.9. The molecule has 4 heteroatoms. The Balaban J connectivity index is 1.86. The lowest BCUT2D eigenvalue weighted by Crippen LogP contribution is -2.14. The quantitative estimate of drug-likeness (QED) is 0.394. The summed E-state index contributed by atoms with van der Waals surface area (Å²) >= 11 is 0. The van der Waals surface area contributed by atoms with E-state index in [1.54, 1.807) is 14.2 Å². The molecule has 0 amide bonds. The molecule has 2 unspecified atom stereocenters. The maximum Gasteiger partial charge on any atom is 0.188 e. The SMILES string of the molecule is CN=Cc1ccccc1Pc1cc(CC2C=CC=CC2)ccc1OCOC. The third-order valence-electron chi connectivity index (χ3n) is 4.44. The molecular formula is C23H26NO2P. The van der Waals surface area contributed by atoms with Crippen LogP contribution in [0.5, 0.6) is 5.75 Å². The van der Waals surface area contributed by atoms with Gasteiger partial charge in [-0.15, -0.1) is 0 Å². The topological polar surface area (TPSA) is 30.8 Å². The van der Waals surface area contributed by atoms with E-state index in [9.17, 15) is 0 Å². The van der Waals surface area contributed by atoms with Crippen LogP contribution in [-0.2, 0) is 11.2 Å². The molecule has 0 N–H and O–H groups in total. The van der Waals surface area contributed by atoms with Crippen molar-refractivity contribution in [2.24, 2.45) is 10.9 Å². The van der Waals surface area contributed by atoms with Gasteiger partial charge in [0.15, 0.2) is 6.79 Å². The Morgan fingerprint density at radius 2 is 2.04 bits per heavy atom. The maximum absolute atomic E-state index is 5.83. The summed E-state index contributed by atoms with van der Waals surface area (Å²) in [7, 11) is 3.95. The Labute approximate surface area is 163 Å². The molecule has 0 heterocycles. The normalized spacial score (nSPS) is 16.6. The molecule has 0 fully saturated rings. The molecule has 0 aliphatic heterocycles. The molecular weight excluding hydrogens is 353 g/mol. The molecule has 0 spiro atoms. The van der Waals surface area contributed by atoms with Crippen molar-refractivity contribution in [2.75, 3.05) is 21.0 Å². The van der Waals surface area contributed by atoms with Crippen molar-refractivity contribution in [1.82, 2.24) is 0 Å². The summed E-state index contributed by atoms with van der Waals surface area (Å²) in [4.78, 5) is 4.19. The van der Waals surface area contributed by atoms with E-state index in [4.69, 9.17) is 9.47 Å². The van der Waals surface area contributed by atoms with E-state index in [1.165, 1.54) is 16.2 Å². The highest BCUT2D eigenvalue weighted by molar-refractivity contribution is 7.56. The summed E-state index contributed by atoms with van der Waals surface area (Å²) in [5, 5.41) is 2.47. The van der Waals surface area contributed by atoms with E-state index in [0.29, 0.717) is 14.5 Å². The van der Waals surface area contributed by atoms with E-state index in [1.807, 2.05) is 12.3 Å². The fraction of sp³-hybridized carbons (Fsp3) is 0.261. The van der Waals surface area contributed by atoms with Crippen molar-refractivity contribution in [2.45, 2.75) is 12.8 Å². The second-order valence-corrected chi connectivity index (χ2v) is 7.82.